The summed E-state index contributed by atoms with van der Waals surface area (Å²) in [5, 5.41) is 0. The predicted octanol–water partition coefficient (Wildman–Crippen LogP) is 1.92. The second-order valence-corrected chi connectivity index (χ2v) is 5.27. The van der Waals surface area contributed by atoms with Crippen molar-refractivity contribution in [3.05, 3.63) is 0 Å². The molecule has 1 rings (SSSR count). The number of carbonyl (C=O) groups excluding carboxylic acids is 2. The van der Waals surface area contributed by atoms with Crippen LogP contribution in [-0.2, 0) is 19.0 Å². The second kappa shape index (κ2) is 6.75. The molecule has 1 aliphatic carbocycles. The van der Waals surface area contributed by atoms with Gasteiger partial charge in [-0.25, -0.2) is 4.79 Å². The number of ether oxygens (including phenoxy) is 3. The molecule has 0 aliphatic heterocycles. The Bertz CT molecular complexity index is 320. The highest BCUT2D eigenvalue weighted by atomic mass is 16.8. The third-order valence-corrected chi connectivity index (χ3v) is 3.86. The topological polar surface area (TPSA) is 65.1 Å². The molecule has 0 amide bonds. The lowest BCUT2D eigenvalue weighted by Crippen LogP contribution is -2.54. The minimum Gasteiger partial charge on any atom is -0.429 e. The summed E-state index contributed by atoms with van der Waals surface area (Å²) >= 11 is 0. The van der Waals surface area contributed by atoms with Crippen molar-refractivity contribution < 1.29 is 23.8 Å². The van der Waals surface area contributed by atoms with Gasteiger partial charge in [-0.1, -0.05) is 6.42 Å². The van der Waals surface area contributed by atoms with Gasteiger partial charge in [0.2, 0.25) is 6.29 Å². The van der Waals surface area contributed by atoms with E-state index >= 15 is 0 Å². The van der Waals surface area contributed by atoms with Crippen molar-refractivity contribution in [1.82, 2.24) is 4.90 Å². The number of carbonyl (C=O) groups is 2. The molecular weight excluding hydrogens is 250 g/mol. The Hall–Kier alpha value is -1.30. The quantitative estimate of drug-likeness (QED) is 0.433. The lowest BCUT2D eigenvalue weighted by atomic mass is 9.79. The first-order chi connectivity index (χ1) is 8.90. The van der Waals surface area contributed by atoms with Crippen molar-refractivity contribution in [3.63, 3.8) is 0 Å². The maximum Gasteiger partial charge on any atom is 0.511 e. The van der Waals surface area contributed by atoms with Gasteiger partial charge in [-0.3, -0.25) is 4.79 Å². The molecule has 1 fully saturated rings. The number of rotatable bonds is 5. The maximum atomic E-state index is 11.6. The summed E-state index contributed by atoms with van der Waals surface area (Å²) < 4.78 is 14.7. The molecule has 0 heterocycles. The van der Waals surface area contributed by atoms with Crippen LogP contribution in [-0.4, -0.2) is 49.6 Å². The van der Waals surface area contributed by atoms with E-state index in [-0.39, 0.29) is 18.1 Å². The Morgan fingerprint density at radius 3 is 2.68 bits per heavy atom. The summed E-state index contributed by atoms with van der Waals surface area (Å²) in [6.45, 7) is 3.78. The molecule has 3 atom stereocenters. The van der Waals surface area contributed by atoms with Crippen molar-refractivity contribution in [1.29, 1.82) is 0 Å². The molecule has 19 heavy (non-hydrogen) atoms. The summed E-state index contributed by atoms with van der Waals surface area (Å²) in [6.07, 6.45) is 1.99. The molecule has 110 valence electrons. The van der Waals surface area contributed by atoms with Crippen molar-refractivity contribution in [3.8, 4) is 0 Å². The van der Waals surface area contributed by atoms with Gasteiger partial charge in [0.15, 0.2) is 0 Å². The van der Waals surface area contributed by atoms with Gasteiger partial charge in [-0.15, -0.1) is 0 Å². The Labute approximate surface area is 114 Å². The summed E-state index contributed by atoms with van der Waals surface area (Å²) in [5.74, 6) is 0. The molecule has 0 saturated heterocycles. The summed E-state index contributed by atoms with van der Waals surface area (Å²) in [6, 6.07) is 0. The van der Waals surface area contributed by atoms with E-state index in [1.54, 1.807) is 0 Å². The van der Waals surface area contributed by atoms with Crippen LogP contribution >= 0.6 is 0 Å². The normalized spacial score (nSPS) is 28.6. The van der Waals surface area contributed by atoms with Crippen LogP contribution in [0.1, 0.15) is 39.5 Å². The lowest BCUT2D eigenvalue weighted by molar-refractivity contribution is -0.156. The first-order valence-electron chi connectivity index (χ1n) is 6.54. The average molecular weight is 273 g/mol. The van der Waals surface area contributed by atoms with Crippen molar-refractivity contribution in [2.45, 2.75) is 57.5 Å². The second-order valence-electron chi connectivity index (χ2n) is 5.27. The van der Waals surface area contributed by atoms with E-state index in [1.807, 2.05) is 14.1 Å². The van der Waals surface area contributed by atoms with Gasteiger partial charge < -0.3 is 19.1 Å². The van der Waals surface area contributed by atoms with Crippen LogP contribution in [0, 0.1) is 0 Å². The van der Waals surface area contributed by atoms with Crippen molar-refractivity contribution in [2.75, 3.05) is 14.1 Å². The summed E-state index contributed by atoms with van der Waals surface area (Å²) in [4.78, 5) is 23.8. The van der Waals surface area contributed by atoms with E-state index < -0.39 is 12.4 Å². The summed E-state index contributed by atoms with van der Waals surface area (Å²) in [7, 11) is 3.95. The molecule has 0 aromatic carbocycles. The van der Waals surface area contributed by atoms with Crippen LogP contribution in [0.3, 0.4) is 0 Å². The molecule has 0 N–H and O–H groups in total. The molecule has 0 radical (unpaired) electrons. The van der Waals surface area contributed by atoms with E-state index in [2.05, 4.69) is 16.6 Å². The van der Waals surface area contributed by atoms with Crippen molar-refractivity contribution in [2.24, 2.45) is 0 Å². The van der Waals surface area contributed by atoms with Crippen LogP contribution < -0.4 is 0 Å². The fraction of sp³-hybridized carbons (Fsp3) is 0.846. The fourth-order valence-corrected chi connectivity index (χ4v) is 2.37. The highest BCUT2D eigenvalue weighted by molar-refractivity contribution is 5.60. The van der Waals surface area contributed by atoms with Gasteiger partial charge in [0.05, 0.1) is 5.54 Å². The molecule has 0 spiro atoms. The molecule has 0 bridgehead atoms. The first kappa shape index (κ1) is 15.8. The first-order valence-corrected chi connectivity index (χ1v) is 6.54. The van der Waals surface area contributed by atoms with Crippen LogP contribution in [0.15, 0.2) is 0 Å². The van der Waals surface area contributed by atoms with Crippen LogP contribution in [0.25, 0.3) is 0 Å². The molecular formula is C13H23NO5. The highest BCUT2D eigenvalue weighted by Crippen LogP contribution is 2.34. The zero-order valence-electron chi connectivity index (χ0n) is 12.0. The van der Waals surface area contributed by atoms with Gasteiger partial charge in [0.1, 0.15) is 6.10 Å². The van der Waals surface area contributed by atoms with E-state index in [9.17, 15) is 9.59 Å². The van der Waals surface area contributed by atoms with Gasteiger partial charge in [-0.05, 0) is 40.3 Å². The SMILES string of the molecule is CC(OC=O)OC(=O)OC1CCCC[C@@]1(C)N(C)C. The molecule has 6 nitrogen and oxygen atoms in total. The largest absolute Gasteiger partial charge is 0.511 e. The van der Waals surface area contributed by atoms with E-state index in [0.29, 0.717) is 0 Å². The van der Waals surface area contributed by atoms with Gasteiger partial charge in [-0.2, -0.15) is 0 Å². The van der Waals surface area contributed by atoms with E-state index in [0.717, 1.165) is 25.7 Å². The number of nitrogens with zero attached hydrogens (tertiary/aromatic N) is 1. The molecule has 0 aromatic rings. The predicted molar refractivity (Wildman–Crippen MR) is 68.5 cm³/mol. The molecule has 1 aliphatic rings. The number of likely N-dealkylation sites (N-methyl/N-ethyl adjacent to an activating group) is 1. The maximum absolute atomic E-state index is 11.6. The van der Waals surface area contributed by atoms with Crippen LogP contribution in [0.2, 0.25) is 0 Å². The Morgan fingerprint density at radius 2 is 2.11 bits per heavy atom. The standard InChI is InChI=1S/C13H23NO5/c1-10(17-9-15)18-12(16)19-11-7-5-6-8-13(11,2)14(3)4/h9-11H,5-8H2,1-4H3/t10?,11?,13-/m1/s1. The zero-order chi connectivity index (χ0) is 14.5. The Morgan fingerprint density at radius 1 is 1.42 bits per heavy atom. The van der Waals surface area contributed by atoms with Crippen LogP contribution in [0.5, 0.6) is 0 Å². The van der Waals surface area contributed by atoms with Crippen LogP contribution in [0.4, 0.5) is 4.79 Å². The van der Waals surface area contributed by atoms with Gasteiger partial charge in [0.25, 0.3) is 6.47 Å². The third-order valence-electron chi connectivity index (χ3n) is 3.86. The summed E-state index contributed by atoms with van der Waals surface area (Å²) in [5.41, 5.74) is -0.188. The lowest BCUT2D eigenvalue weighted by Gasteiger charge is -2.45. The monoisotopic (exact) mass is 273 g/mol. The fourth-order valence-electron chi connectivity index (χ4n) is 2.37. The Kier molecular flexibility index (Phi) is 5.60. The van der Waals surface area contributed by atoms with Crippen molar-refractivity contribution >= 4 is 12.6 Å². The minimum atomic E-state index is -0.931. The zero-order valence-corrected chi connectivity index (χ0v) is 12.0. The van der Waals surface area contributed by atoms with E-state index in [1.165, 1.54) is 6.92 Å². The minimum absolute atomic E-state index is 0.188. The molecule has 2 unspecified atom stereocenters. The number of hydrogen-bond donors (Lipinski definition) is 0. The average Bonchev–Trinajstić information content (AvgIpc) is 2.32. The molecule has 1 saturated carbocycles. The van der Waals surface area contributed by atoms with E-state index in [4.69, 9.17) is 9.47 Å². The third kappa shape index (κ3) is 4.09. The smallest absolute Gasteiger partial charge is 0.429 e. The number of hydrogen-bond acceptors (Lipinski definition) is 6. The van der Waals surface area contributed by atoms with Gasteiger partial charge in [0, 0.05) is 6.92 Å². The molecule has 6 heteroatoms. The van der Waals surface area contributed by atoms with Gasteiger partial charge >= 0.3 is 6.16 Å². The highest BCUT2D eigenvalue weighted by Gasteiger charge is 2.41. The Balaban J connectivity index is 2.58. The molecule has 0 aromatic heterocycles.